The molecule has 3 rings (SSSR count). The lowest BCUT2D eigenvalue weighted by atomic mass is 10.4. The van der Waals surface area contributed by atoms with Gasteiger partial charge in [-0.15, -0.1) is 10.2 Å². The highest BCUT2D eigenvalue weighted by Gasteiger charge is 2.07. The maximum absolute atomic E-state index is 5.02. The number of thioether (sulfide) groups is 1. The maximum atomic E-state index is 5.02. The summed E-state index contributed by atoms with van der Waals surface area (Å²) in [5.74, 6) is 1.55. The molecule has 0 saturated heterocycles. The normalized spacial score (nSPS) is 11.1. The Labute approximate surface area is 102 Å². The molecule has 17 heavy (non-hydrogen) atoms. The SMILES string of the molecule is Cc1cc(CSc2nnc3ccccn23)no1. The molecule has 0 radical (unpaired) electrons. The second kappa shape index (κ2) is 4.21. The van der Waals surface area contributed by atoms with Crippen molar-refractivity contribution >= 4 is 17.4 Å². The van der Waals surface area contributed by atoms with Gasteiger partial charge in [-0.1, -0.05) is 23.0 Å². The zero-order valence-corrected chi connectivity index (χ0v) is 10.0. The van der Waals surface area contributed by atoms with Crippen molar-refractivity contribution in [2.24, 2.45) is 0 Å². The molecule has 0 amide bonds. The van der Waals surface area contributed by atoms with Crippen LogP contribution in [0.3, 0.4) is 0 Å². The van der Waals surface area contributed by atoms with Crippen LogP contribution < -0.4 is 0 Å². The van der Waals surface area contributed by atoms with Crippen LogP contribution in [0.5, 0.6) is 0 Å². The first kappa shape index (κ1) is 10.3. The van der Waals surface area contributed by atoms with Crippen molar-refractivity contribution in [1.82, 2.24) is 19.8 Å². The van der Waals surface area contributed by atoms with E-state index in [0.29, 0.717) is 0 Å². The summed E-state index contributed by atoms with van der Waals surface area (Å²) in [5.41, 5.74) is 1.77. The number of aryl methyl sites for hydroxylation is 1. The molecule has 86 valence electrons. The molecule has 0 unspecified atom stereocenters. The number of rotatable bonds is 3. The Morgan fingerprint density at radius 3 is 3.12 bits per heavy atom. The van der Waals surface area contributed by atoms with Crippen LogP contribution in [-0.4, -0.2) is 19.8 Å². The van der Waals surface area contributed by atoms with E-state index in [2.05, 4.69) is 15.4 Å². The van der Waals surface area contributed by atoms with Crippen LogP contribution in [0.25, 0.3) is 5.65 Å². The van der Waals surface area contributed by atoms with Gasteiger partial charge in [-0.05, 0) is 19.1 Å². The zero-order chi connectivity index (χ0) is 11.7. The molecule has 0 atom stereocenters. The van der Waals surface area contributed by atoms with Gasteiger partial charge in [0.25, 0.3) is 0 Å². The van der Waals surface area contributed by atoms with Gasteiger partial charge in [-0.2, -0.15) is 0 Å². The lowest BCUT2D eigenvalue weighted by Crippen LogP contribution is -1.87. The van der Waals surface area contributed by atoms with Gasteiger partial charge in [0.05, 0.1) is 5.69 Å². The summed E-state index contributed by atoms with van der Waals surface area (Å²) in [5, 5.41) is 13.0. The van der Waals surface area contributed by atoms with Crippen molar-refractivity contribution in [2.45, 2.75) is 17.8 Å². The van der Waals surface area contributed by atoms with Crippen molar-refractivity contribution < 1.29 is 4.52 Å². The molecule has 0 spiro atoms. The van der Waals surface area contributed by atoms with E-state index in [9.17, 15) is 0 Å². The lowest BCUT2D eigenvalue weighted by Gasteiger charge is -1.96. The maximum Gasteiger partial charge on any atom is 0.195 e. The van der Waals surface area contributed by atoms with Crippen LogP contribution >= 0.6 is 11.8 Å². The second-order valence-electron chi connectivity index (χ2n) is 3.63. The molecular weight excluding hydrogens is 236 g/mol. The minimum absolute atomic E-state index is 0.729. The van der Waals surface area contributed by atoms with E-state index >= 15 is 0 Å². The fourth-order valence-corrected chi connectivity index (χ4v) is 2.35. The van der Waals surface area contributed by atoms with Gasteiger partial charge in [0.15, 0.2) is 10.8 Å². The molecule has 5 nitrogen and oxygen atoms in total. The van der Waals surface area contributed by atoms with Gasteiger partial charge in [-0.3, -0.25) is 4.40 Å². The van der Waals surface area contributed by atoms with E-state index in [-0.39, 0.29) is 0 Å². The van der Waals surface area contributed by atoms with Crippen molar-refractivity contribution in [3.63, 3.8) is 0 Å². The summed E-state index contributed by atoms with van der Waals surface area (Å²) in [7, 11) is 0. The van der Waals surface area contributed by atoms with Gasteiger partial charge < -0.3 is 4.52 Å². The molecule has 0 bridgehead atoms. The van der Waals surface area contributed by atoms with E-state index in [1.807, 2.05) is 41.8 Å². The summed E-state index contributed by atoms with van der Waals surface area (Å²) < 4.78 is 6.97. The van der Waals surface area contributed by atoms with Crippen molar-refractivity contribution in [1.29, 1.82) is 0 Å². The van der Waals surface area contributed by atoms with Crippen molar-refractivity contribution in [3.05, 3.63) is 41.9 Å². The summed E-state index contributed by atoms with van der Waals surface area (Å²) in [6.07, 6.45) is 1.95. The van der Waals surface area contributed by atoms with Gasteiger partial charge in [0, 0.05) is 18.0 Å². The standard InChI is InChI=1S/C11H10N4OS/c1-8-6-9(14-16-8)7-17-11-13-12-10-4-2-3-5-15(10)11/h2-6H,7H2,1H3. The van der Waals surface area contributed by atoms with E-state index in [0.717, 1.165) is 28.0 Å². The summed E-state index contributed by atoms with van der Waals surface area (Å²) in [6.45, 7) is 1.88. The second-order valence-corrected chi connectivity index (χ2v) is 4.57. The topological polar surface area (TPSA) is 56.2 Å². The van der Waals surface area contributed by atoms with Crippen LogP contribution in [0.4, 0.5) is 0 Å². The van der Waals surface area contributed by atoms with E-state index < -0.39 is 0 Å². The predicted molar refractivity (Wildman–Crippen MR) is 63.8 cm³/mol. The van der Waals surface area contributed by atoms with Crippen LogP contribution in [0.15, 0.2) is 40.1 Å². The Hall–Kier alpha value is -1.82. The van der Waals surface area contributed by atoms with Gasteiger partial charge in [0.2, 0.25) is 0 Å². The van der Waals surface area contributed by atoms with Crippen LogP contribution in [0.2, 0.25) is 0 Å². The van der Waals surface area contributed by atoms with Gasteiger partial charge >= 0.3 is 0 Å². The lowest BCUT2D eigenvalue weighted by molar-refractivity contribution is 0.393. The number of fused-ring (bicyclic) bond motifs is 1. The number of nitrogens with zero attached hydrogens (tertiary/aromatic N) is 4. The first-order valence-corrected chi connectivity index (χ1v) is 6.16. The Balaban J connectivity index is 1.81. The number of aromatic nitrogens is 4. The molecular formula is C11H10N4OS. The van der Waals surface area contributed by atoms with E-state index in [1.54, 1.807) is 11.8 Å². The van der Waals surface area contributed by atoms with Crippen LogP contribution in [0, 0.1) is 6.92 Å². The fourth-order valence-electron chi connectivity index (χ4n) is 1.54. The molecule has 3 aromatic heterocycles. The monoisotopic (exact) mass is 246 g/mol. The summed E-state index contributed by atoms with van der Waals surface area (Å²) in [4.78, 5) is 0. The van der Waals surface area contributed by atoms with Crippen molar-refractivity contribution in [2.75, 3.05) is 0 Å². The third-order valence-electron chi connectivity index (χ3n) is 2.31. The molecule has 3 heterocycles. The predicted octanol–water partition coefficient (Wildman–Crippen LogP) is 2.32. The van der Waals surface area contributed by atoms with E-state index in [4.69, 9.17) is 4.52 Å². The molecule has 0 aliphatic heterocycles. The average Bonchev–Trinajstić information content (AvgIpc) is 2.93. The van der Waals surface area contributed by atoms with Gasteiger partial charge in [0.1, 0.15) is 5.76 Å². The van der Waals surface area contributed by atoms with Crippen LogP contribution in [0.1, 0.15) is 11.5 Å². The largest absolute Gasteiger partial charge is 0.361 e. The third-order valence-corrected chi connectivity index (χ3v) is 3.29. The quantitative estimate of drug-likeness (QED) is 0.664. The molecule has 0 saturated carbocycles. The summed E-state index contributed by atoms with van der Waals surface area (Å²) >= 11 is 1.59. The number of pyridine rings is 1. The highest BCUT2D eigenvalue weighted by Crippen LogP contribution is 2.21. The Kier molecular flexibility index (Phi) is 2.56. The molecule has 0 fully saturated rings. The average molecular weight is 246 g/mol. The highest BCUT2D eigenvalue weighted by molar-refractivity contribution is 7.98. The fraction of sp³-hybridized carbons (Fsp3) is 0.182. The zero-order valence-electron chi connectivity index (χ0n) is 9.20. The smallest absolute Gasteiger partial charge is 0.195 e. The van der Waals surface area contributed by atoms with Crippen molar-refractivity contribution in [3.8, 4) is 0 Å². The number of hydrogen-bond donors (Lipinski definition) is 0. The molecule has 0 N–H and O–H groups in total. The Morgan fingerprint density at radius 2 is 2.29 bits per heavy atom. The highest BCUT2D eigenvalue weighted by atomic mass is 32.2. The minimum Gasteiger partial charge on any atom is -0.361 e. The Bertz CT molecular complexity index is 646. The summed E-state index contributed by atoms with van der Waals surface area (Å²) in [6, 6.07) is 7.76. The first-order valence-electron chi connectivity index (χ1n) is 5.18. The van der Waals surface area contributed by atoms with Gasteiger partial charge in [-0.25, -0.2) is 0 Å². The third kappa shape index (κ3) is 2.03. The first-order chi connectivity index (χ1) is 8.33. The van der Waals surface area contributed by atoms with Crippen LogP contribution in [-0.2, 0) is 5.75 Å². The minimum atomic E-state index is 0.729. The Morgan fingerprint density at radius 1 is 1.35 bits per heavy atom. The molecule has 0 aromatic carbocycles. The number of hydrogen-bond acceptors (Lipinski definition) is 5. The molecule has 0 aliphatic carbocycles. The molecule has 6 heteroatoms. The van der Waals surface area contributed by atoms with E-state index in [1.165, 1.54) is 0 Å². The molecule has 0 aliphatic rings. The molecule has 3 aromatic rings.